The Morgan fingerprint density at radius 2 is 2.17 bits per heavy atom. The van der Waals surface area contributed by atoms with E-state index in [1.54, 1.807) is 18.2 Å². The van der Waals surface area contributed by atoms with Crippen molar-refractivity contribution >= 4 is 21.7 Å². The van der Waals surface area contributed by atoms with Crippen molar-refractivity contribution in [1.29, 1.82) is 0 Å². The first kappa shape index (κ1) is 12.7. The second kappa shape index (κ2) is 4.16. The summed E-state index contributed by atoms with van der Waals surface area (Å²) in [4.78, 5) is 11.0. The molecular weight excluding hydrogens is 258 g/mol. The van der Waals surface area contributed by atoms with Gasteiger partial charge in [-0.25, -0.2) is 13.2 Å². The van der Waals surface area contributed by atoms with Gasteiger partial charge < -0.3 is 9.84 Å². The normalized spacial score (nSPS) is 19.0. The fraction of sp³-hybridized carbons (Fsp3) is 0.364. The van der Waals surface area contributed by atoms with E-state index in [0.717, 1.165) is 16.1 Å². The van der Waals surface area contributed by atoms with Crippen LogP contribution >= 0.6 is 0 Å². The first-order chi connectivity index (χ1) is 8.29. The van der Waals surface area contributed by atoms with Gasteiger partial charge in [0.25, 0.3) is 0 Å². The van der Waals surface area contributed by atoms with Crippen LogP contribution in [0.15, 0.2) is 18.2 Å². The number of hydrogen-bond donors (Lipinski definition) is 1. The van der Waals surface area contributed by atoms with Gasteiger partial charge in [-0.3, -0.25) is 4.31 Å². The summed E-state index contributed by atoms with van der Waals surface area (Å²) in [6.07, 6.45) is -0.144. The predicted molar refractivity (Wildman–Crippen MR) is 65.4 cm³/mol. The summed E-state index contributed by atoms with van der Waals surface area (Å²) in [5.41, 5.74) is 1.24. The van der Waals surface area contributed by atoms with E-state index in [1.807, 2.05) is 6.92 Å². The highest BCUT2D eigenvalue weighted by Crippen LogP contribution is 2.35. The number of carbonyl (C=O) groups is 1. The zero-order chi connectivity index (χ0) is 13.5. The van der Waals surface area contributed by atoms with E-state index in [2.05, 4.69) is 0 Å². The van der Waals surface area contributed by atoms with E-state index in [4.69, 9.17) is 9.84 Å². The molecule has 1 unspecified atom stereocenters. The summed E-state index contributed by atoms with van der Waals surface area (Å²) < 4.78 is 29.7. The molecule has 1 N–H and O–H groups in total. The molecule has 1 heterocycles. The Bertz CT molecular complexity index is 595. The summed E-state index contributed by atoms with van der Waals surface area (Å²) in [6, 6.07) is 4.99. The SMILES string of the molecule is Cc1ccc2c(c1)OC(C(=O)O)CN2S(C)(=O)=O. The van der Waals surface area contributed by atoms with Crippen LogP contribution in [-0.4, -0.2) is 38.4 Å². The molecule has 0 bridgehead atoms. The van der Waals surface area contributed by atoms with Crippen LogP contribution in [0.5, 0.6) is 5.75 Å². The summed E-state index contributed by atoms with van der Waals surface area (Å²) in [5.74, 6) is -0.908. The van der Waals surface area contributed by atoms with Crippen LogP contribution in [0.4, 0.5) is 5.69 Å². The fourth-order valence-corrected chi connectivity index (χ4v) is 2.72. The van der Waals surface area contributed by atoms with E-state index in [1.165, 1.54) is 0 Å². The van der Waals surface area contributed by atoms with Crippen LogP contribution in [-0.2, 0) is 14.8 Å². The highest BCUT2D eigenvalue weighted by atomic mass is 32.2. The molecule has 0 fully saturated rings. The number of fused-ring (bicyclic) bond motifs is 1. The highest BCUT2D eigenvalue weighted by Gasteiger charge is 2.34. The molecule has 1 aromatic carbocycles. The Morgan fingerprint density at radius 3 is 2.72 bits per heavy atom. The number of hydrogen-bond acceptors (Lipinski definition) is 4. The minimum Gasteiger partial charge on any atom is -0.478 e. The van der Waals surface area contributed by atoms with Gasteiger partial charge in [0.2, 0.25) is 16.1 Å². The van der Waals surface area contributed by atoms with E-state index in [-0.39, 0.29) is 12.3 Å². The maximum Gasteiger partial charge on any atom is 0.346 e. The maximum atomic E-state index is 11.7. The third-order valence-corrected chi connectivity index (χ3v) is 3.81. The Hall–Kier alpha value is -1.76. The lowest BCUT2D eigenvalue weighted by atomic mass is 10.1. The molecule has 0 saturated heterocycles. The van der Waals surface area contributed by atoms with Crippen LogP contribution < -0.4 is 9.04 Å². The van der Waals surface area contributed by atoms with Crippen LogP contribution in [0.2, 0.25) is 0 Å². The standard InChI is InChI=1S/C11H13NO5S/c1-7-3-4-8-9(5-7)17-10(11(13)14)6-12(8)18(2,15)16/h3-5,10H,6H2,1-2H3,(H,13,14). The number of ether oxygens (including phenoxy) is 1. The first-order valence-electron chi connectivity index (χ1n) is 5.27. The van der Waals surface area contributed by atoms with E-state index in [0.29, 0.717) is 5.69 Å². The molecule has 0 spiro atoms. The van der Waals surface area contributed by atoms with Gasteiger partial charge in [-0.15, -0.1) is 0 Å². The first-order valence-corrected chi connectivity index (χ1v) is 7.11. The van der Waals surface area contributed by atoms with Gasteiger partial charge in [-0.2, -0.15) is 0 Å². The molecule has 1 atom stereocenters. The van der Waals surface area contributed by atoms with Crippen LogP contribution in [0.3, 0.4) is 0 Å². The number of carboxylic acids is 1. The van der Waals surface area contributed by atoms with Gasteiger partial charge >= 0.3 is 5.97 Å². The molecule has 2 rings (SSSR count). The van der Waals surface area contributed by atoms with E-state index >= 15 is 0 Å². The molecule has 0 amide bonds. The summed E-state index contributed by atoms with van der Waals surface area (Å²) in [6.45, 7) is 1.60. The van der Waals surface area contributed by atoms with Crippen molar-refractivity contribution in [3.05, 3.63) is 23.8 Å². The van der Waals surface area contributed by atoms with E-state index < -0.39 is 22.1 Å². The lowest BCUT2D eigenvalue weighted by molar-refractivity contribution is -0.144. The zero-order valence-electron chi connectivity index (χ0n) is 9.95. The number of anilines is 1. The summed E-state index contributed by atoms with van der Waals surface area (Å²) in [5, 5.41) is 8.97. The van der Waals surface area contributed by atoms with Crippen LogP contribution in [0.25, 0.3) is 0 Å². The lowest BCUT2D eigenvalue weighted by Crippen LogP contribution is -2.46. The summed E-state index contributed by atoms with van der Waals surface area (Å²) >= 11 is 0. The minimum atomic E-state index is -3.53. The van der Waals surface area contributed by atoms with Crippen molar-refractivity contribution in [2.75, 3.05) is 17.1 Å². The Kier molecular flexibility index (Phi) is 2.94. The van der Waals surface area contributed by atoms with E-state index in [9.17, 15) is 13.2 Å². The Labute approximate surface area is 105 Å². The monoisotopic (exact) mass is 271 g/mol. The number of rotatable bonds is 2. The molecule has 1 aliphatic rings. The third kappa shape index (κ3) is 2.26. The molecule has 0 aliphatic carbocycles. The topological polar surface area (TPSA) is 83.9 Å². The number of carboxylic acid groups (broad SMARTS) is 1. The second-order valence-electron chi connectivity index (χ2n) is 4.21. The highest BCUT2D eigenvalue weighted by molar-refractivity contribution is 7.92. The molecule has 1 aliphatic heterocycles. The molecule has 98 valence electrons. The quantitative estimate of drug-likeness (QED) is 0.851. The number of aliphatic carboxylic acids is 1. The van der Waals surface area contributed by atoms with Crippen molar-refractivity contribution in [3.63, 3.8) is 0 Å². The Morgan fingerprint density at radius 1 is 1.50 bits per heavy atom. The van der Waals surface area contributed by atoms with Gasteiger partial charge in [0, 0.05) is 0 Å². The van der Waals surface area contributed by atoms with Gasteiger partial charge in [0.05, 0.1) is 18.5 Å². The molecule has 1 aromatic rings. The molecule has 6 nitrogen and oxygen atoms in total. The second-order valence-corrected chi connectivity index (χ2v) is 6.12. The van der Waals surface area contributed by atoms with Crippen molar-refractivity contribution in [3.8, 4) is 5.75 Å². The molecule has 0 radical (unpaired) electrons. The summed E-state index contributed by atoms with van der Waals surface area (Å²) in [7, 11) is -3.53. The fourth-order valence-electron chi connectivity index (χ4n) is 1.80. The van der Waals surface area contributed by atoms with Gasteiger partial charge in [0.15, 0.2) is 0 Å². The van der Waals surface area contributed by atoms with Crippen molar-refractivity contribution in [1.82, 2.24) is 0 Å². The smallest absolute Gasteiger partial charge is 0.346 e. The largest absolute Gasteiger partial charge is 0.478 e. The molecular formula is C11H13NO5S. The minimum absolute atomic E-state index is 0.218. The number of sulfonamides is 1. The van der Waals surface area contributed by atoms with Gasteiger partial charge in [0.1, 0.15) is 5.75 Å². The Balaban J connectivity index is 2.54. The number of aryl methyl sites for hydroxylation is 1. The average molecular weight is 271 g/mol. The molecule has 7 heteroatoms. The lowest BCUT2D eigenvalue weighted by Gasteiger charge is -2.32. The predicted octanol–water partition coefficient (Wildman–Crippen LogP) is 0.607. The third-order valence-electron chi connectivity index (χ3n) is 2.66. The molecule has 0 saturated carbocycles. The molecule has 18 heavy (non-hydrogen) atoms. The zero-order valence-corrected chi connectivity index (χ0v) is 10.8. The van der Waals surface area contributed by atoms with Crippen molar-refractivity contribution in [2.45, 2.75) is 13.0 Å². The average Bonchev–Trinajstić information content (AvgIpc) is 2.25. The van der Waals surface area contributed by atoms with Crippen molar-refractivity contribution in [2.24, 2.45) is 0 Å². The van der Waals surface area contributed by atoms with Crippen LogP contribution in [0, 0.1) is 6.92 Å². The van der Waals surface area contributed by atoms with Crippen molar-refractivity contribution < 1.29 is 23.1 Å². The number of benzene rings is 1. The van der Waals surface area contributed by atoms with Crippen LogP contribution in [0.1, 0.15) is 5.56 Å². The maximum absolute atomic E-state index is 11.7. The number of nitrogens with zero attached hydrogens (tertiary/aromatic N) is 1. The van der Waals surface area contributed by atoms with Gasteiger partial charge in [-0.05, 0) is 24.6 Å². The van der Waals surface area contributed by atoms with Gasteiger partial charge in [-0.1, -0.05) is 6.07 Å². The molecule has 0 aromatic heterocycles.